The van der Waals surface area contributed by atoms with Crippen LogP contribution in [0.2, 0.25) is 0 Å². The minimum absolute atomic E-state index is 0.00618. The van der Waals surface area contributed by atoms with Gasteiger partial charge in [-0.05, 0) is 31.5 Å². The van der Waals surface area contributed by atoms with Gasteiger partial charge in [0.2, 0.25) is 5.91 Å². The number of ether oxygens (including phenoxy) is 2. The first-order chi connectivity index (χ1) is 9.51. The van der Waals surface area contributed by atoms with E-state index in [2.05, 4.69) is 5.32 Å². The molecule has 112 valence electrons. The lowest BCUT2D eigenvalue weighted by molar-refractivity contribution is -0.122. The summed E-state index contributed by atoms with van der Waals surface area (Å²) in [6.07, 6.45) is 0.430. The van der Waals surface area contributed by atoms with Crippen LogP contribution in [0.4, 0.5) is 0 Å². The Hall–Kier alpha value is -1.75. The Labute approximate surface area is 120 Å². The smallest absolute Gasteiger partial charge is 0.220 e. The molecule has 1 aromatic carbocycles. The number of nitrogens with two attached hydrogens (primary N) is 1. The molecule has 2 atom stereocenters. The van der Waals surface area contributed by atoms with Crippen LogP contribution in [0.15, 0.2) is 18.2 Å². The van der Waals surface area contributed by atoms with Crippen molar-refractivity contribution in [3.63, 3.8) is 0 Å². The predicted molar refractivity (Wildman–Crippen MR) is 78.9 cm³/mol. The summed E-state index contributed by atoms with van der Waals surface area (Å²) in [4.78, 5) is 11.9. The van der Waals surface area contributed by atoms with Crippen LogP contribution in [0.1, 0.15) is 31.9 Å². The molecule has 0 bridgehead atoms. The van der Waals surface area contributed by atoms with Crippen LogP contribution in [0.5, 0.6) is 11.5 Å². The molecule has 1 aromatic rings. The molecule has 20 heavy (non-hydrogen) atoms. The molecule has 0 aliphatic heterocycles. The van der Waals surface area contributed by atoms with E-state index in [1.807, 2.05) is 26.0 Å². The standard InChI is InChI=1S/C15H24N2O3/c1-10(9-16)7-15(18)17-11(2)13-6-5-12(19-3)8-14(13)20-4/h5-6,8,10-11H,7,9,16H2,1-4H3,(H,17,18). The normalized spacial score (nSPS) is 13.4. The highest BCUT2D eigenvalue weighted by atomic mass is 16.5. The Morgan fingerprint density at radius 3 is 2.55 bits per heavy atom. The molecule has 0 heterocycles. The Kier molecular flexibility index (Phi) is 6.31. The lowest BCUT2D eigenvalue weighted by Crippen LogP contribution is -2.29. The minimum Gasteiger partial charge on any atom is -0.497 e. The monoisotopic (exact) mass is 280 g/mol. The van der Waals surface area contributed by atoms with Crippen molar-refractivity contribution < 1.29 is 14.3 Å². The van der Waals surface area contributed by atoms with E-state index in [4.69, 9.17) is 15.2 Å². The van der Waals surface area contributed by atoms with Gasteiger partial charge < -0.3 is 20.5 Å². The molecule has 5 heteroatoms. The number of benzene rings is 1. The highest BCUT2D eigenvalue weighted by Gasteiger charge is 2.16. The number of amides is 1. The summed E-state index contributed by atoms with van der Waals surface area (Å²) in [5.41, 5.74) is 6.44. The molecule has 2 unspecified atom stereocenters. The van der Waals surface area contributed by atoms with E-state index < -0.39 is 0 Å². The van der Waals surface area contributed by atoms with Crippen molar-refractivity contribution in [3.05, 3.63) is 23.8 Å². The Bertz CT molecular complexity index is 449. The zero-order chi connectivity index (χ0) is 15.1. The zero-order valence-corrected chi connectivity index (χ0v) is 12.6. The minimum atomic E-state index is -0.131. The first-order valence-corrected chi connectivity index (χ1v) is 6.73. The van der Waals surface area contributed by atoms with Gasteiger partial charge in [0.15, 0.2) is 0 Å². The Morgan fingerprint density at radius 1 is 1.30 bits per heavy atom. The summed E-state index contributed by atoms with van der Waals surface area (Å²) < 4.78 is 10.5. The maximum atomic E-state index is 11.9. The van der Waals surface area contributed by atoms with E-state index in [0.29, 0.717) is 18.7 Å². The molecule has 1 amide bonds. The quantitative estimate of drug-likeness (QED) is 0.799. The number of hydrogen-bond acceptors (Lipinski definition) is 4. The third-order valence-corrected chi connectivity index (χ3v) is 3.22. The van der Waals surface area contributed by atoms with E-state index in [1.54, 1.807) is 20.3 Å². The summed E-state index contributed by atoms with van der Waals surface area (Å²) in [7, 11) is 3.21. The van der Waals surface area contributed by atoms with Crippen LogP contribution in [-0.4, -0.2) is 26.7 Å². The van der Waals surface area contributed by atoms with Crippen LogP contribution >= 0.6 is 0 Å². The lowest BCUT2D eigenvalue weighted by atomic mass is 10.0. The molecule has 3 N–H and O–H groups in total. The van der Waals surface area contributed by atoms with Gasteiger partial charge >= 0.3 is 0 Å². The maximum Gasteiger partial charge on any atom is 0.220 e. The van der Waals surface area contributed by atoms with Gasteiger partial charge in [0.25, 0.3) is 0 Å². The van der Waals surface area contributed by atoms with E-state index in [0.717, 1.165) is 11.3 Å². The van der Waals surface area contributed by atoms with Crippen molar-refractivity contribution in [1.82, 2.24) is 5.32 Å². The van der Waals surface area contributed by atoms with Gasteiger partial charge in [0.05, 0.1) is 20.3 Å². The maximum absolute atomic E-state index is 11.9. The van der Waals surface area contributed by atoms with Gasteiger partial charge in [-0.3, -0.25) is 4.79 Å². The van der Waals surface area contributed by atoms with Crippen LogP contribution < -0.4 is 20.5 Å². The highest BCUT2D eigenvalue weighted by Crippen LogP contribution is 2.29. The summed E-state index contributed by atoms with van der Waals surface area (Å²) in [6.45, 7) is 4.39. The summed E-state index contributed by atoms with van der Waals surface area (Å²) in [5.74, 6) is 1.60. The number of carbonyl (C=O) groups excluding carboxylic acids is 1. The van der Waals surface area contributed by atoms with Gasteiger partial charge in [-0.25, -0.2) is 0 Å². The number of methoxy groups -OCH3 is 2. The molecular formula is C15H24N2O3. The van der Waals surface area contributed by atoms with Gasteiger partial charge in [-0.15, -0.1) is 0 Å². The molecule has 0 aliphatic carbocycles. The van der Waals surface area contributed by atoms with Crippen LogP contribution in [0.3, 0.4) is 0 Å². The number of rotatable bonds is 7. The third kappa shape index (κ3) is 4.42. The predicted octanol–water partition coefficient (Wildman–Crippen LogP) is 1.87. The van der Waals surface area contributed by atoms with Crippen LogP contribution in [-0.2, 0) is 4.79 Å². The van der Waals surface area contributed by atoms with E-state index in [1.165, 1.54) is 0 Å². The van der Waals surface area contributed by atoms with E-state index in [-0.39, 0.29) is 17.9 Å². The summed E-state index contributed by atoms with van der Waals surface area (Å²) in [5, 5.41) is 2.96. The molecule has 1 rings (SSSR count). The van der Waals surface area contributed by atoms with Crippen molar-refractivity contribution in [1.29, 1.82) is 0 Å². The largest absolute Gasteiger partial charge is 0.497 e. The van der Waals surface area contributed by atoms with Crippen molar-refractivity contribution in [2.45, 2.75) is 26.3 Å². The zero-order valence-electron chi connectivity index (χ0n) is 12.6. The molecule has 0 aliphatic rings. The highest BCUT2D eigenvalue weighted by molar-refractivity contribution is 5.76. The van der Waals surface area contributed by atoms with E-state index in [9.17, 15) is 4.79 Å². The molecule has 0 aromatic heterocycles. The fourth-order valence-electron chi connectivity index (χ4n) is 1.95. The van der Waals surface area contributed by atoms with Crippen molar-refractivity contribution in [3.8, 4) is 11.5 Å². The number of carbonyl (C=O) groups is 1. The van der Waals surface area contributed by atoms with E-state index >= 15 is 0 Å². The number of nitrogens with one attached hydrogen (secondary N) is 1. The number of hydrogen-bond donors (Lipinski definition) is 2. The SMILES string of the molecule is COc1ccc(C(C)NC(=O)CC(C)CN)c(OC)c1. The molecule has 0 saturated carbocycles. The third-order valence-electron chi connectivity index (χ3n) is 3.22. The summed E-state index contributed by atoms with van der Waals surface area (Å²) >= 11 is 0. The van der Waals surface area contributed by atoms with Gasteiger partial charge in [0.1, 0.15) is 11.5 Å². The first kappa shape index (κ1) is 16.3. The lowest BCUT2D eigenvalue weighted by Gasteiger charge is -2.19. The Balaban J connectivity index is 2.76. The van der Waals surface area contributed by atoms with Crippen molar-refractivity contribution in [2.24, 2.45) is 11.7 Å². The Morgan fingerprint density at radius 2 is 2.00 bits per heavy atom. The van der Waals surface area contributed by atoms with Gasteiger partial charge in [-0.2, -0.15) is 0 Å². The molecular weight excluding hydrogens is 256 g/mol. The second kappa shape index (κ2) is 7.75. The topological polar surface area (TPSA) is 73.6 Å². The molecule has 0 spiro atoms. The van der Waals surface area contributed by atoms with Crippen molar-refractivity contribution >= 4 is 5.91 Å². The van der Waals surface area contributed by atoms with Crippen LogP contribution in [0.25, 0.3) is 0 Å². The van der Waals surface area contributed by atoms with Crippen molar-refractivity contribution in [2.75, 3.05) is 20.8 Å². The molecule has 0 radical (unpaired) electrons. The molecule has 0 fully saturated rings. The second-order valence-corrected chi connectivity index (χ2v) is 4.94. The molecule has 5 nitrogen and oxygen atoms in total. The average Bonchev–Trinajstić information content (AvgIpc) is 2.45. The second-order valence-electron chi connectivity index (χ2n) is 4.94. The average molecular weight is 280 g/mol. The van der Waals surface area contributed by atoms with Gasteiger partial charge in [-0.1, -0.05) is 6.92 Å². The fraction of sp³-hybridized carbons (Fsp3) is 0.533. The molecule has 0 saturated heterocycles. The van der Waals surface area contributed by atoms with Crippen LogP contribution in [0, 0.1) is 5.92 Å². The first-order valence-electron chi connectivity index (χ1n) is 6.73. The summed E-state index contributed by atoms with van der Waals surface area (Å²) in [6, 6.07) is 5.42. The fourth-order valence-corrected chi connectivity index (χ4v) is 1.95. The van der Waals surface area contributed by atoms with Gasteiger partial charge in [0, 0.05) is 18.1 Å².